The first-order chi connectivity index (χ1) is 6.36. The van der Waals surface area contributed by atoms with Gasteiger partial charge in [0.15, 0.2) is 0 Å². The summed E-state index contributed by atoms with van der Waals surface area (Å²) in [7, 11) is 0. The van der Waals surface area contributed by atoms with E-state index in [0.717, 1.165) is 6.42 Å². The lowest BCUT2D eigenvalue weighted by Crippen LogP contribution is -2.30. The third-order valence-electron chi connectivity index (χ3n) is 2.83. The molecule has 0 saturated heterocycles. The molecule has 1 nitrogen and oxygen atoms in total. The van der Waals surface area contributed by atoms with E-state index < -0.39 is 0 Å². The fourth-order valence-corrected chi connectivity index (χ4v) is 1.81. The van der Waals surface area contributed by atoms with E-state index in [-0.39, 0.29) is 5.54 Å². The Morgan fingerprint density at radius 2 is 1.79 bits per heavy atom. The van der Waals surface area contributed by atoms with E-state index in [1.807, 2.05) is 0 Å². The van der Waals surface area contributed by atoms with Gasteiger partial charge in [-0.2, -0.15) is 0 Å². The van der Waals surface area contributed by atoms with Crippen LogP contribution >= 0.6 is 0 Å². The van der Waals surface area contributed by atoms with E-state index in [2.05, 4.69) is 46.8 Å². The summed E-state index contributed by atoms with van der Waals surface area (Å²) in [6, 6.07) is 4.49. The summed E-state index contributed by atoms with van der Waals surface area (Å²) in [4.78, 5) is 0. The fraction of sp³-hybridized carbons (Fsp3) is 0.538. The van der Waals surface area contributed by atoms with Gasteiger partial charge in [0.25, 0.3) is 0 Å². The second-order valence-electron chi connectivity index (χ2n) is 4.66. The Morgan fingerprint density at radius 1 is 1.21 bits per heavy atom. The lowest BCUT2D eigenvalue weighted by Gasteiger charge is -2.24. The van der Waals surface area contributed by atoms with Crippen LogP contribution in [0.25, 0.3) is 0 Å². The molecule has 1 aromatic carbocycles. The number of benzene rings is 1. The molecule has 2 N–H and O–H groups in total. The van der Waals surface area contributed by atoms with Crippen LogP contribution in [-0.4, -0.2) is 0 Å². The minimum absolute atomic E-state index is 0.236. The molecule has 0 bridgehead atoms. The molecule has 1 aromatic rings. The van der Waals surface area contributed by atoms with E-state index >= 15 is 0 Å². The van der Waals surface area contributed by atoms with Crippen molar-refractivity contribution in [2.45, 2.75) is 46.6 Å². The summed E-state index contributed by atoms with van der Waals surface area (Å²) in [6.45, 7) is 10.6. The zero-order valence-corrected chi connectivity index (χ0v) is 9.94. The molecule has 0 amide bonds. The largest absolute Gasteiger partial charge is 0.322 e. The first-order valence-corrected chi connectivity index (χ1v) is 5.25. The van der Waals surface area contributed by atoms with Crippen molar-refractivity contribution in [3.63, 3.8) is 0 Å². The van der Waals surface area contributed by atoms with Crippen LogP contribution < -0.4 is 5.73 Å². The molecule has 0 aromatic heterocycles. The molecule has 0 aliphatic heterocycles. The first kappa shape index (κ1) is 11.3. The highest BCUT2D eigenvalue weighted by atomic mass is 14.7. The Hall–Kier alpha value is -0.820. The first-order valence-electron chi connectivity index (χ1n) is 5.25. The van der Waals surface area contributed by atoms with Crippen LogP contribution in [0.4, 0.5) is 0 Å². The van der Waals surface area contributed by atoms with Crippen molar-refractivity contribution in [1.82, 2.24) is 0 Å². The molecule has 0 saturated carbocycles. The normalized spacial score (nSPS) is 11.9. The Balaban J connectivity index is 3.35. The van der Waals surface area contributed by atoms with Gasteiger partial charge in [-0.15, -0.1) is 0 Å². The van der Waals surface area contributed by atoms with Crippen LogP contribution in [0.15, 0.2) is 12.1 Å². The van der Waals surface area contributed by atoms with Gasteiger partial charge >= 0.3 is 0 Å². The van der Waals surface area contributed by atoms with Gasteiger partial charge in [0, 0.05) is 5.54 Å². The molecule has 1 rings (SSSR count). The predicted octanol–water partition coefficient (Wildman–Crippen LogP) is 3.06. The maximum absolute atomic E-state index is 6.15. The summed E-state index contributed by atoms with van der Waals surface area (Å²) >= 11 is 0. The van der Waals surface area contributed by atoms with Crippen molar-refractivity contribution in [1.29, 1.82) is 0 Å². The molecule has 0 spiro atoms. The quantitative estimate of drug-likeness (QED) is 0.764. The van der Waals surface area contributed by atoms with Gasteiger partial charge < -0.3 is 5.73 Å². The molecular weight excluding hydrogens is 170 g/mol. The Morgan fingerprint density at radius 3 is 2.21 bits per heavy atom. The van der Waals surface area contributed by atoms with Gasteiger partial charge in [-0.1, -0.05) is 19.1 Å². The number of hydrogen-bond acceptors (Lipinski definition) is 1. The van der Waals surface area contributed by atoms with Crippen molar-refractivity contribution in [2.24, 2.45) is 5.73 Å². The Kier molecular flexibility index (Phi) is 3.01. The summed E-state index contributed by atoms with van der Waals surface area (Å²) in [5.41, 5.74) is 11.2. The molecule has 0 unspecified atom stereocenters. The summed E-state index contributed by atoms with van der Waals surface area (Å²) in [6.07, 6.45) is 1.07. The standard InChI is InChI=1S/C13H21N/c1-6-11-7-9(2)10(3)12(8-11)13(4,5)14/h7-8H,6,14H2,1-5H3. The van der Waals surface area contributed by atoms with Crippen molar-refractivity contribution >= 4 is 0 Å². The fourth-order valence-electron chi connectivity index (χ4n) is 1.81. The van der Waals surface area contributed by atoms with Gasteiger partial charge in [0.05, 0.1) is 0 Å². The molecular formula is C13H21N. The minimum atomic E-state index is -0.236. The van der Waals surface area contributed by atoms with Crippen LogP contribution in [0.3, 0.4) is 0 Å². The predicted molar refractivity (Wildman–Crippen MR) is 62.5 cm³/mol. The molecule has 0 fully saturated rings. The highest BCUT2D eigenvalue weighted by Gasteiger charge is 2.18. The van der Waals surface area contributed by atoms with E-state index in [1.54, 1.807) is 0 Å². The van der Waals surface area contributed by atoms with Gasteiger partial charge in [-0.05, 0) is 56.4 Å². The summed E-state index contributed by atoms with van der Waals surface area (Å²) in [5.74, 6) is 0. The summed E-state index contributed by atoms with van der Waals surface area (Å²) in [5, 5.41) is 0. The Bertz CT molecular complexity index is 332. The van der Waals surface area contributed by atoms with Crippen molar-refractivity contribution < 1.29 is 0 Å². The van der Waals surface area contributed by atoms with Crippen LogP contribution in [-0.2, 0) is 12.0 Å². The van der Waals surface area contributed by atoms with Gasteiger partial charge in [-0.25, -0.2) is 0 Å². The van der Waals surface area contributed by atoms with Crippen molar-refractivity contribution in [3.8, 4) is 0 Å². The van der Waals surface area contributed by atoms with Gasteiger partial charge in [-0.3, -0.25) is 0 Å². The van der Waals surface area contributed by atoms with E-state index in [1.165, 1.54) is 22.3 Å². The molecule has 78 valence electrons. The highest BCUT2D eigenvalue weighted by molar-refractivity contribution is 5.41. The smallest absolute Gasteiger partial charge is 0.0355 e. The lowest BCUT2D eigenvalue weighted by atomic mass is 9.87. The van der Waals surface area contributed by atoms with Crippen molar-refractivity contribution in [2.75, 3.05) is 0 Å². The molecule has 0 radical (unpaired) electrons. The zero-order valence-electron chi connectivity index (χ0n) is 9.94. The highest BCUT2D eigenvalue weighted by Crippen LogP contribution is 2.25. The van der Waals surface area contributed by atoms with Crippen LogP contribution in [0.2, 0.25) is 0 Å². The maximum Gasteiger partial charge on any atom is 0.0355 e. The molecule has 0 aliphatic rings. The van der Waals surface area contributed by atoms with Crippen molar-refractivity contribution in [3.05, 3.63) is 34.4 Å². The average Bonchev–Trinajstić information content (AvgIpc) is 2.07. The number of nitrogens with two attached hydrogens (primary N) is 1. The minimum Gasteiger partial charge on any atom is -0.322 e. The van der Waals surface area contributed by atoms with E-state index in [4.69, 9.17) is 5.73 Å². The lowest BCUT2D eigenvalue weighted by molar-refractivity contribution is 0.549. The molecule has 14 heavy (non-hydrogen) atoms. The third-order valence-corrected chi connectivity index (χ3v) is 2.83. The van der Waals surface area contributed by atoms with E-state index in [0.29, 0.717) is 0 Å². The van der Waals surface area contributed by atoms with Crippen LogP contribution in [0.1, 0.15) is 43.0 Å². The van der Waals surface area contributed by atoms with Crippen LogP contribution in [0.5, 0.6) is 0 Å². The topological polar surface area (TPSA) is 26.0 Å². The second-order valence-corrected chi connectivity index (χ2v) is 4.66. The second kappa shape index (κ2) is 3.74. The average molecular weight is 191 g/mol. The van der Waals surface area contributed by atoms with Gasteiger partial charge in [0.1, 0.15) is 0 Å². The monoisotopic (exact) mass is 191 g/mol. The van der Waals surface area contributed by atoms with Crippen LogP contribution in [0, 0.1) is 13.8 Å². The summed E-state index contributed by atoms with van der Waals surface area (Å²) < 4.78 is 0. The number of aryl methyl sites for hydroxylation is 2. The third kappa shape index (κ3) is 2.16. The number of rotatable bonds is 2. The molecule has 1 heteroatoms. The molecule has 0 aliphatic carbocycles. The molecule has 0 atom stereocenters. The maximum atomic E-state index is 6.15. The van der Waals surface area contributed by atoms with Gasteiger partial charge in [0.2, 0.25) is 0 Å². The molecule has 0 heterocycles. The SMILES string of the molecule is CCc1cc(C)c(C)c(C(C)(C)N)c1. The zero-order chi connectivity index (χ0) is 10.9. The van der Waals surface area contributed by atoms with E-state index in [9.17, 15) is 0 Å². The number of hydrogen-bond donors (Lipinski definition) is 1. The Labute approximate surface area is 87.3 Å².